The summed E-state index contributed by atoms with van der Waals surface area (Å²) in [5.74, 6) is 0.985. The Morgan fingerprint density at radius 1 is 1.19 bits per heavy atom. The van der Waals surface area contributed by atoms with E-state index in [1.54, 1.807) is 11.0 Å². The van der Waals surface area contributed by atoms with Gasteiger partial charge < -0.3 is 5.32 Å². The lowest BCUT2D eigenvalue weighted by atomic mass is 10.1. The van der Waals surface area contributed by atoms with Crippen LogP contribution in [0.25, 0.3) is 0 Å². The summed E-state index contributed by atoms with van der Waals surface area (Å²) < 4.78 is 41.9. The first-order chi connectivity index (χ1) is 15.3. The van der Waals surface area contributed by atoms with Crippen molar-refractivity contribution < 1.29 is 22.8 Å². The number of para-hydroxylation sites is 2. The summed E-state index contributed by atoms with van der Waals surface area (Å²) in [5, 5.41) is 2.48. The second kappa shape index (κ2) is 8.67. The van der Waals surface area contributed by atoms with Gasteiger partial charge in [-0.1, -0.05) is 42.3 Å². The number of halogens is 3. The van der Waals surface area contributed by atoms with E-state index in [1.165, 1.54) is 18.2 Å². The topological polar surface area (TPSA) is 52.7 Å². The smallest absolute Gasteiger partial charge is 0.324 e. The molecule has 2 aliphatic rings. The molecule has 0 spiro atoms. The second-order valence-electron chi connectivity index (χ2n) is 7.95. The molecule has 32 heavy (non-hydrogen) atoms. The average Bonchev–Trinajstić information content (AvgIpc) is 3.10. The molecule has 1 heterocycles. The molecule has 2 atom stereocenters. The Hall–Kier alpha value is -3.31. The molecule has 8 heteroatoms. The predicted octanol–water partition coefficient (Wildman–Crippen LogP) is 3.92. The number of hydrogen-bond acceptors (Lipinski definition) is 3. The zero-order chi connectivity index (χ0) is 22.9. The lowest BCUT2D eigenvalue weighted by Crippen LogP contribution is -2.52. The van der Waals surface area contributed by atoms with E-state index in [0.717, 1.165) is 24.0 Å². The second-order valence-corrected chi connectivity index (χ2v) is 7.95. The minimum Gasteiger partial charge on any atom is -0.324 e. The summed E-state index contributed by atoms with van der Waals surface area (Å²) in [6.07, 6.45) is 1.43. The van der Waals surface area contributed by atoms with Crippen molar-refractivity contribution in [3.05, 3.63) is 59.7 Å². The van der Waals surface area contributed by atoms with Gasteiger partial charge in [0, 0.05) is 6.04 Å². The number of nitrogens with one attached hydrogen (secondary N) is 1. The number of anilines is 2. The van der Waals surface area contributed by atoms with Crippen molar-refractivity contribution in [1.29, 1.82) is 0 Å². The van der Waals surface area contributed by atoms with Gasteiger partial charge in [0.2, 0.25) is 11.8 Å². The Morgan fingerprint density at radius 2 is 1.91 bits per heavy atom. The Bertz CT molecular complexity index is 1080. The molecule has 2 aromatic carbocycles. The van der Waals surface area contributed by atoms with Gasteiger partial charge in [-0.15, -0.1) is 6.42 Å². The zero-order valence-corrected chi connectivity index (χ0v) is 17.2. The van der Waals surface area contributed by atoms with Crippen LogP contribution in [-0.4, -0.2) is 42.0 Å². The highest BCUT2D eigenvalue weighted by Gasteiger charge is 2.49. The number of nitrogens with zero attached hydrogens (tertiary/aromatic N) is 2. The van der Waals surface area contributed by atoms with Gasteiger partial charge in [0.15, 0.2) is 0 Å². The molecule has 1 aliphatic heterocycles. The summed E-state index contributed by atoms with van der Waals surface area (Å²) >= 11 is 0. The Balaban J connectivity index is 1.69. The molecule has 0 saturated heterocycles. The minimum absolute atomic E-state index is 0.0261. The van der Waals surface area contributed by atoms with Crippen molar-refractivity contribution in [3.8, 4) is 12.3 Å². The van der Waals surface area contributed by atoms with E-state index in [9.17, 15) is 22.8 Å². The van der Waals surface area contributed by atoms with Gasteiger partial charge in [-0.25, -0.2) is 0 Å². The molecular weight excluding hydrogens is 419 g/mol. The number of benzene rings is 2. The summed E-state index contributed by atoms with van der Waals surface area (Å²) in [6, 6.07) is 11.4. The van der Waals surface area contributed by atoms with Gasteiger partial charge in [0.05, 0.1) is 30.9 Å². The molecule has 0 fully saturated rings. The third-order valence-corrected chi connectivity index (χ3v) is 5.95. The van der Waals surface area contributed by atoms with Crippen molar-refractivity contribution in [3.63, 3.8) is 0 Å². The van der Waals surface area contributed by atoms with Crippen molar-refractivity contribution >= 4 is 23.2 Å². The number of amides is 2. The normalized spacial score (nSPS) is 20.2. The number of rotatable bonds is 4. The number of hydrogen-bond donors (Lipinski definition) is 1. The van der Waals surface area contributed by atoms with E-state index in [2.05, 4.69) is 11.2 Å². The van der Waals surface area contributed by atoms with Crippen molar-refractivity contribution in [2.24, 2.45) is 0 Å². The number of carbonyl (C=O) groups is 2. The Labute approximate surface area is 184 Å². The summed E-state index contributed by atoms with van der Waals surface area (Å²) in [6.45, 7) is -0.174. The van der Waals surface area contributed by atoms with E-state index >= 15 is 0 Å². The van der Waals surface area contributed by atoms with Crippen LogP contribution in [0.5, 0.6) is 0 Å². The van der Waals surface area contributed by atoms with Crippen molar-refractivity contribution in [2.45, 2.75) is 37.5 Å². The number of terminal acetylenes is 1. The van der Waals surface area contributed by atoms with Crippen LogP contribution in [0.1, 0.15) is 30.0 Å². The molecule has 1 N–H and O–H groups in total. The van der Waals surface area contributed by atoms with Crippen LogP contribution in [0.4, 0.5) is 24.5 Å². The van der Waals surface area contributed by atoms with Gasteiger partial charge in [0.25, 0.3) is 0 Å². The molecule has 0 bridgehead atoms. The quantitative estimate of drug-likeness (QED) is 0.732. The van der Waals surface area contributed by atoms with Crippen LogP contribution in [0.2, 0.25) is 0 Å². The molecule has 0 aromatic heterocycles. The molecule has 1 aliphatic carbocycles. The minimum atomic E-state index is -4.78. The molecule has 2 unspecified atom stereocenters. The standard InChI is InChI=1S/C24H22F3N3O2/c1-2-13-29(19-12-11-16-7-3-4-8-17(16)19)15-23(32)30-20-10-6-5-9-18(20)28-22(31)14-21(30)24(25,26)27/h1,3-10,19,21H,11-15H2,(H,28,31). The van der Waals surface area contributed by atoms with E-state index in [1.807, 2.05) is 24.3 Å². The third kappa shape index (κ3) is 4.21. The zero-order valence-electron chi connectivity index (χ0n) is 17.2. The molecule has 4 rings (SSSR count). The highest BCUT2D eigenvalue weighted by molar-refractivity contribution is 6.05. The lowest BCUT2D eigenvalue weighted by molar-refractivity contribution is -0.158. The largest absolute Gasteiger partial charge is 0.409 e. The first-order valence-corrected chi connectivity index (χ1v) is 10.3. The van der Waals surface area contributed by atoms with Crippen molar-refractivity contribution in [1.82, 2.24) is 4.90 Å². The summed E-state index contributed by atoms with van der Waals surface area (Å²) in [5.41, 5.74) is 2.39. The van der Waals surface area contributed by atoms with E-state index in [-0.39, 0.29) is 30.5 Å². The Kier molecular flexibility index (Phi) is 5.94. The molecule has 0 radical (unpaired) electrons. The summed E-state index contributed by atoms with van der Waals surface area (Å²) in [7, 11) is 0. The number of carbonyl (C=O) groups excluding carboxylic acids is 2. The van der Waals surface area contributed by atoms with Gasteiger partial charge in [-0.2, -0.15) is 13.2 Å². The van der Waals surface area contributed by atoms with Crippen LogP contribution < -0.4 is 10.2 Å². The number of alkyl halides is 3. The molecular formula is C24H22F3N3O2. The maximum absolute atomic E-state index is 14.0. The van der Waals surface area contributed by atoms with E-state index in [4.69, 9.17) is 6.42 Å². The fourth-order valence-corrected chi connectivity index (χ4v) is 4.55. The molecule has 2 amide bonds. The molecule has 5 nitrogen and oxygen atoms in total. The fourth-order valence-electron chi connectivity index (χ4n) is 4.55. The van der Waals surface area contributed by atoms with Gasteiger partial charge in [-0.05, 0) is 36.1 Å². The molecule has 166 valence electrons. The van der Waals surface area contributed by atoms with Gasteiger partial charge in [-0.3, -0.25) is 19.4 Å². The third-order valence-electron chi connectivity index (χ3n) is 5.95. The van der Waals surface area contributed by atoms with E-state index in [0.29, 0.717) is 4.90 Å². The van der Waals surface area contributed by atoms with Crippen LogP contribution in [0.3, 0.4) is 0 Å². The number of fused-ring (bicyclic) bond motifs is 2. The summed E-state index contributed by atoms with van der Waals surface area (Å²) in [4.78, 5) is 28.0. The first kappa shape index (κ1) is 21.9. The van der Waals surface area contributed by atoms with Gasteiger partial charge in [0.1, 0.15) is 6.04 Å². The monoisotopic (exact) mass is 441 g/mol. The maximum atomic E-state index is 14.0. The first-order valence-electron chi connectivity index (χ1n) is 10.3. The van der Waals surface area contributed by atoms with E-state index < -0.39 is 30.5 Å². The van der Waals surface area contributed by atoms with Crippen LogP contribution in [0.15, 0.2) is 48.5 Å². The Morgan fingerprint density at radius 3 is 2.66 bits per heavy atom. The highest BCUT2D eigenvalue weighted by Crippen LogP contribution is 2.39. The maximum Gasteiger partial charge on any atom is 0.409 e. The van der Waals surface area contributed by atoms with Crippen LogP contribution in [-0.2, 0) is 16.0 Å². The lowest BCUT2D eigenvalue weighted by Gasteiger charge is -2.34. The number of aryl methyl sites for hydroxylation is 1. The average molecular weight is 441 g/mol. The van der Waals surface area contributed by atoms with Crippen molar-refractivity contribution in [2.75, 3.05) is 23.3 Å². The van der Waals surface area contributed by atoms with Gasteiger partial charge >= 0.3 is 6.18 Å². The van der Waals surface area contributed by atoms with Crippen LogP contribution in [0, 0.1) is 12.3 Å². The SMILES string of the molecule is C#CCN(CC(=O)N1c2ccccc2NC(=O)CC1C(F)(F)F)C1CCc2ccccc21. The predicted molar refractivity (Wildman–Crippen MR) is 115 cm³/mol. The molecule has 0 saturated carbocycles. The fraction of sp³-hybridized carbons (Fsp3) is 0.333. The van der Waals surface area contributed by atoms with Crippen LogP contribution >= 0.6 is 0 Å². The molecule has 2 aromatic rings. The highest BCUT2D eigenvalue weighted by atomic mass is 19.4.